The molecule has 1 aliphatic heterocycles. The van der Waals surface area contributed by atoms with Crippen LogP contribution in [0.4, 0.5) is 4.79 Å². The van der Waals surface area contributed by atoms with Gasteiger partial charge in [-0.3, -0.25) is 0 Å². The fourth-order valence-corrected chi connectivity index (χ4v) is 1.78. The van der Waals surface area contributed by atoms with E-state index in [9.17, 15) is 9.59 Å². The summed E-state index contributed by atoms with van der Waals surface area (Å²) in [5, 5.41) is 2.49. The van der Waals surface area contributed by atoms with Gasteiger partial charge < -0.3 is 14.8 Å². The number of amides is 1. The molecule has 1 fully saturated rings. The Morgan fingerprint density at radius 1 is 1.44 bits per heavy atom. The van der Waals surface area contributed by atoms with Crippen molar-refractivity contribution in [3.05, 3.63) is 35.9 Å². The zero-order valence-electron chi connectivity index (χ0n) is 10.1. The van der Waals surface area contributed by atoms with Crippen molar-refractivity contribution in [1.82, 2.24) is 5.32 Å². The maximum absolute atomic E-state index is 11.5. The third-order valence-electron chi connectivity index (χ3n) is 2.67. The molecule has 1 saturated heterocycles. The van der Waals surface area contributed by atoms with Crippen molar-refractivity contribution in [3.63, 3.8) is 0 Å². The molecule has 18 heavy (non-hydrogen) atoms. The summed E-state index contributed by atoms with van der Waals surface area (Å²) in [4.78, 5) is 22.8. The highest BCUT2D eigenvalue weighted by Gasteiger charge is 2.33. The lowest BCUT2D eigenvalue weighted by Gasteiger charge is -2.09. The van der Waals surface area contributed by atoms with Crippen molar-refractivity contribution < 1.29 is 19.1 Å². The Morgan fingerprint density at radius 2 is 2.17 bits per heavy atom. The van der Waals surface area contributed by atoms with Gasteiger partial charge in [-0.25, -0.2) is 9.59 Å². The van der Waals surface area contributed by atoms with E-state index in [1.807, 2.05) is 30.3 Å². The molecule has 0 aliphatic carbocycles. The maximum atomic E-state index is 11.5. The van der Waals surface area contributed by atoms with Gasteiger partial charge in [0.25, 0.3) is 0 Å². The fraction of sp³-hybridized carbons (Fsp3) is 0.385. The monoisotopic (exact) mass is 249 g/mol. The summed E-state index contributed by atoms with van der Waals surface area (Å²) in [6, 6.07) is 8.75. The summed E-state index contributed by atoms with van der Waals surface area (Å²) in [6.07, 6.45) is -0.272. The second-order valence-electron chi connectivity index (χ2n) is 4.24. The Morgan fingerprint density at radius 3 is 2.78 bits per heavy atom. The van der Waals surface area contributed by atoms with Crippen molar-refractivity contribution in [2.45, 2.75) is 32.1 Å². The third-order valence-corrected chi connectivity index (χ3v) is 2.67. The number of ether oxygens (including phenoxy) is 2. The van der Waals surface area contributed by atoms with Crippen LogP contribution in [0, 0.1) is 0 Å². The average molecular weight is 249 g/mol. The molecule has 1 aliphatic rings. The number of carbonyl (C=O) groups excluding carboxylic acids is 2. The first-order chi connectivity index (χ1) is 8.65. The Bertz CT molecular complexity index is 432. The first kappa shape index (κ1) is 12.4. The highest BCUT2D eigenvalue weighted by molar-refractivity contribution is 5.82. The molecule has 5 nitrogen and oxygen atoms in total. The van der Waals surface area contributed by atoms with Crippen LogP contribution < -0.4 is 5.32 Å². The van der Waals surface area contributed by atoms with E-state index >= 15 is 0 Å². The Hall–Kier alpha value is -2.04. The predicted molar refractivity (Wildman–Crippen MR) is 63.7 cm³/mol. The Balaban J connectivity index is 1.77. The lowest BCUT2D eigenvalue weighted by Crippen LogP contribution is -2.38. The molecule has 1 heterocycles. The summed E-state index contributed by atoms with van der Waals surface area (Å²) < 4.78 is 9.94. The van der Waals surface area contributed by atoms with Crippen LogP contribution in [0.25, 0.3) is 0 Å². The molecule has 1 amide bonds. The number of hydrogen-bond acceptors (Lipinski definition) is 4. The van der Waals surface area contributed by atoms with Crippen LogP contribution in [-0.4, -0.2) is 24.2 Å². The summed E-state index contributed by atoms with van der Waals surface area (Å²) in [5.41, 5.74) is 0.898. The van der Waals surface area contributed by atoms with Crippen molar-refractivity contribution in [2.75, 3.05) is 0 Å². The largest absolute Gasteiger partial charge is 0.461 e. The first-order valence-corrected chi connectivity index (χ1v) is 5.83. The van der Waals surface area contributed by atoms with Gasteiger partial charge in [0.05, 0.1) is 0 Å². The molecular weight excluding hydrogens is 234 g/mol. The van der Waals surface area contributed by atoms with Crippen molar-refractivity contribution in [3.8, 4) is 0 Å². The summed E-state index contributed by atoms with van der Waals surface area (Å²) in [5.74, 6) is -0.404. The fourth-order valence-electron chi connectivity index (χ4n) is 1.78. The number of carbonyl (C=O) groups is 2. The zero-order chi connectivity index (χ0) is 13.0. The normalized spacial score (nSPS) is 22.4. The predicted octanol–water partition coefficient (Wildman–Crippen LogP) is 1.62. The van der Waals surface area contributed by atoms with E-state index in [4.69, 9.17) is 9.47 Å². The quantitative estimate of drug-likeness (QED) is 0.827. The van der Waals surface area contributed by atoms with Crippen LogP contribution in [0.15, 0.2) is 30.3 Å². The van der Waals surface area contributed by atoms with Gasteiger partial charge in [-0.05, 0) is 12.5 Å². The van der Waals surface area contributed by atoms with Gasteiger partial charge in [-0.1, -0.05) is 30.3 Å². The highest BCUT2D eigenvalue weighted by atomic mass is 16.6. The van der Waals surface area contributed by atoms with Crippen LogP contribution in [0.5, 0.6) is 0 Å². The number of rotatable bonds is 3. The van der Waals surface area contributed by atoms with Crippen LogP contribution in [0.1, 0.15) is 18.9 Å². The number of nitrogens with one attached hydrogen (secondary N) is 1. The molecule has 2 rings (SSSR count). The molecule has 0 saturated carbocycles. The van der Waals surface area contributed by atoms with Crippen LogP contribution in [0.3, 0.4) is 0 Å². The van der Waals surface area contributed by atoms with Crippen LogP contribution in [-0.2, 0) is 20.9 Å². The molecule has 0 bridgehead atoms. The zero-order valence-corrected chi connectivity index (χ0v) is 10.1. The van der Waals surface area contributed by atoms with Crippen molar-refractivity contribution >= 4 is 12.1 Å². The maximum Gasteiger partial charge on any atom is 0.408 e. The molecular formula is C13H15NO4. The summed E-state index contributed by atoms with van der Waals surface area (Å²) in [7, 11) is 0. The molecule has 5 heteroatoms. The third kappa shape index (κ3) is 3.23. The number of alkyl carbamates (subject to hydrolysis) is 1. The number of benzene rings is 1. The molecule has 2 atom stereocenters. The highest BCUT2D eigenvalue weighted by Crippen LogP contribution is 2.14. The summed E-state index contributed by atoms with van der Waals surface area (Å²) in [6.45, 7) is 1.97. The minimum Gasteiger partial charge on any atom is -0.461 e. The minimum absolute atomic E-state index is 0.156. The van der Waals surface area contributed by atoms with E-state index in [-0.39, 0.29) is 12.7 Å². The topological polar surface area (TPSA) is 64.6 Å². The molecule has 0 unspecified atom stereocenters. The van der Waals surface area contributed by atoms with Gasteiger partial charge in [0.15, 0.2) is 0 Å². The van der Waals surface area contributed by atoms with Gasteiger partial charge in [0, 0.05) is 6.42 Å². The molecule has 1 aromatic carbocycles. The van der Waals surface area contributed by atoms with Crippen LogP contribution >= 0.6 is 0 Å². The lowest BCUT2D eigenvalue weighted by molar-refractivity contribution is -0.142. The van der Waals surface area contributed by atoms with E-state index < -0.39 is 18.1 Å². The van der Waals surface area contributed by atoms with E-state index in [0.29, 0.717) is 6.42 Å². The molecule has 96 valence electrons. The van der Waals surface area contributed by atoms with Gasteiger partial charge >= 0.3 is 12.1 Å². The van der Waals surface area contributed by atoms with Crippen LogP contribution in [0.2, 0.25) is 0 Å². The van der Waals surface area contributed by atoms with Gasteiger partial charge in [-0.15, -0.1) is 0 Å². The standard InChI is InChI=1S/C13H15NO4/c1-9-7-11(12(15)18-9)14-13(16)17-8-10-5-3-2-4-6-10/h2-6,9,11H,7-8H2,1H3,(H,14,16)/t9-,11+/m1/s1. The minimum atomic E-state index is -0.602. The van der Waals surface area contributed by atoms with Gasteiger partial charge in [-0.2, -0.15) is 0 Å². The average Bonchev–Trinajstić information content (AvgIpc) is 2.67. The SMILES string of the molecule is C[C@@H]1C[C@H](NC(=O)OCc2ccccc2)C(=O)O1. The van der Waals surface area contributed by atoms with E-state index in [2.05, 4.69) is 5.32 Å². The molecule has 0 aromatic heterocycles. The summed E-state index contributed by atoms with van der Waals surface area (Å²) >= 11 is 0. The van der Waals surface area contributed by atoms with Crippen molar-refractivity contribution in [2.24, 2.45) is 0 Å². The number of hydrogen-bond donors (Lipinski definition) is 1. The Labute approximate surface area is 105 Å². The second kappa shape index (κ2) is 5.53. The number of esters is 1. The van der Waals surface area contributed by atoms with E-state index in [1.165, 1.54) is 0 Å². The number of cyclic esters (lactones) is 1. The Kier molecular flexibility index (Phi) is 3.82. The molecule has 1 aromatic rings. The van der Waals surface area contributed by atoms with E-state index in [0.717, 1.165) is 5.56 Å². The lowest BCUT2D eigenvalue weighted by atomic mass is 10.2. The van der Waals surface area contributed by atoms with Gasteiger partial charge in [0.2, 0.25) is 0 Å². The second-order valence-corrected chi connectivity index (χ2v) is 4.24. The molecule has 0 spiro atoms. The molecule has 0 radical (unpaired) electrons. The van der Waals surface area contributed by atoms with E-state index in [1.54, 1.807) is 6.92 Å². The molecule has 1 N–H and O–H groups in total. The first-order valence-electron chi connectivity index (χ1n) is 5.83. The smallest absolute Gasteiger partial charge is 0.408 e. The van der Waals surface area contributed by atoms with Crippen molar-refractivity contribution in [1.29, 1.82) is 0 Å². The van der Waals surface area contributed by atoms with Gasteiger partial charge in [0.1, 0.15) is 18.8 Å².